The van der Waals surface area contributed by atoms with Crippen molar-refractivity contribution in [3.05, 3.63) is 45.4 Å². The maximum atomic E-state index is 12.6. The molecule has 0 aliphatic rings. The molecule has 26 heavy (non-hydrogen) atoms. The van der Waals surface area contributed by atoms with Gasteiger partial charge < -0.3 is 15.0 Å². The molecule has 2 rings (SSSR count). The number of aryl methyl sites for hydroxylation is 1. The van der Waals surface area contributed by atoms with Crippen molar-refractivity contribution < 1.29 is 19.1 Å². The first-order valence-electron chi connectivity index (χ1n) is 8.21. The van der Waals surface area contributed by atoms with E-state index < -0.39 is 24.0 Å². The molecule has 2 aromatic heterocycles. The predicted molar refractivity (Wildman–Crippen MR) is 99.1 cm³/mol. The molecule has 0 spiro atoms. The lowest BCUT2D eigenvalue weighted by Crippen LogP contribution is -2.45. The summed E-state index contributed by atoms with van der Waals surface area (Å²) in [5.41, 5.74) is 7.06. The molecule has 2 aromatic rings. The van der Waals surface area contributed by atoms with E-state index in [2.05, 4.69) is 0 Å². The van der Waals surface area contributed by atoms with E-state index in [9.17, 15) is 14.4 Å². The number of thiophene rings is 1. The monoisotopic (exact) mass is 377 g/mol. The lowest BCUT2D eigenvalue weighted by Gasteiger charge is -2.19. The van der Waals surface area contributed by atoms with E-state index >= 15 is 0 Å². The van der Waals surface area contributed by atoms with Crippen LogP contribution in [-0.4, -0.2) is 28.6 Å². The number of nitrogens with two attached hydrogens (primary N) is 1. The minimum Gasteiger partial charge on any atom is -0.448 e. The molecule has 8 heteroatoms. The van der Waals surface area contributed by atoms with Crippen LogP contribution in [0.4, 0.5) is 4.79 Å². The van der Waals surface area contributed by atoms with Crippen molar-refractivity contribution in [2.24, 2.45) is 11.7 Å². The number of hydrogen-bond donors (Lipinski definition) is 2. The van der Waals surface area contributed by atoms with Gasteiger partial charge in [0, 0.05) is 16.3 Å². The van der Waals surface area contributed by atoms with Gasteiger partial charge >= 0.3 is 12.0 Å². The summed E-state index contributed by atoms with van der Waals surface area (Å²) in [6, 6.07) is 4.78. The number of urea groups is 1. The Morgan fingerprint density at radius 3 is 2.54 bits per heavy atom. The molecule has 0 fully saturated rings. The summed E-state index contributed by atoms with van der Waals surface area (Å²) in [5.74, 6) is -1.64. The number of carbonyl (C=O) groups is 3. The number of aromatic nitrogens is 1. The van der Waals surface area contributed by atoms with Gasteiger partial charge in [0.1, 0.15) is 0 Å². The zero-order valence-corrected chi connectivity index (χ0v) is 16.1. The van der Waals surface area contributed by atoms with Gasteiger partial charge in [-0.15, -0.1) is 11.3 Å². The molecule has 0 saturated carbocycles. The molecule has 1 atom stereocenters. The van der Waals surface area contributed by atoms with Gasteiger partial charge in [-0.1, -0.05) is 19.9 Å². The van der Waals surface area contributed by atoms with Crippen LogP contribution in [0.2, 0.25) is 0 Å². The largest absolute Gasteiger partial charge is 0.448 e. The second kappa shape index (κ2) is 8.18. The van der Waals surface area contributed by atoms with Gasteiger partial charge in [-0.2, -0.15) is 0 Å². The van der Waals surface area contributed by atoms with Crippen LogP contribution in [0.5, 0.6) is 0 Å². The minimum atomic E-state index is -1.10. The van der Waals surface area contributed by atoms with Gasteiger partial charge in [0.15, 0.2) is 6.10 Å². The molecule has 0 aliphatic heterocycles. The number of carbonyl (C=O) groups excluding carboxylic acids is 3. The van der Waals surface area contributed by atoms with Crippen LogP contribution in [0.3, 0.4) is 0 Å². The Hall–Kier alpha value is -2.61. The summed E-state index contributed by atoms with van der Waals surface area (Å²) in [6.07, 6.45) is -1.10. The van der Waals surface area contributed by atoms with Gasteiger partial charge in [0.2, 0.25) is 0 Å². The van der Waals surface area contributed by atoms with Crippen LogP contribution in [-0.2, 0) is 16.1 Å². The maximum absolute atomic E-state index is 12.6. The first kappa shape index (κ1) is 19.7. The molecular formula is C18H23N3O4S. The molecule has 0 unspecified atom stereocenters. The number of nitrogens with zero attached hydrogens (tertiary/aromatic N) is 1. The van der Waals surface area contributed by atoms with Crippen LogP contribution in [0.25, 0.3) is 0 Å². The molecule has 0 aliphatic carbocycles. The van der Waals surface area contributed by atoms with Gasteiger partial charge in [-0.25, -0.2) is 9.59 Å². The topological polar surface area (TPSA) is 103 Å². The Bertz CT molecular complexity index is 809. The van der Waals surface area contributed by atoms with E-state index in [1.165, 1.54) is 4.88 Å². The quantitative estimate of drug-likeness (QED) is 0.755. The highest BCUT2D eigenvalue weighted by Gasteiger charge is 2.29. The zero-order chi connectivity index (χ0) is 19.4. The smallest absolute Gasteiger partial charge is 0.340 e. The fourth-order valence-electron chi connectivity index (χ4n) is 2.67. The minimum absolute atomic E-state index is 0.312. The number of rotatable bonds is 6. The molecule has 0 saturated heterocycles. The summed E-state index contributed by atoms with van der Waals surface area (Å²) >= 11 is 1.64. The van der Waals surface area contributed by atoms with E-state index in [4.69, 9.17) is 10.5 Å². The third-order valence-corrected chi connectivity index (χ3v) is 4.89. The van der Waals surface area contributed by atoms with E-state index in [1.807, 2.05) is 41.2 Å². The molecule has 0 radical (unpaired) electrons. The highest BCUT2D eigenvalue weighted by molar-refractivity contribution is 7.09. The second-order valence-electron chi connectivity index (χ2n) is 6.37. The molecule has 0 bridgehead atoms. The number of amides is 3. The Morgan fingerprint density at radius 1 is 1.31 bits per heavy atom. The highest BCUT2D eigenvalue weighted by atomic mass is 32.1. The third-order valence-electron chi connectivity index (χ3n) is 4.03. The molecule has 140 valence electrons. The fourth-order valence-corrected chi connectivity index (χ4v) is 3.37. The van der Waals surface area contributed by atoms with Crippen molar-refractivity contribution in [1.82, 2.24) is 9.88 Å². The van der Waals surface area contributed by atoms with Crippen LogP contribution in [0.15, 0.2) is 23.6 Å². The molecule has 0 aromatic carbocycles. The van der Waals surface area contributed by atoms with Crippen molar-refractivity contribution >= 4 is 29.2 Å². The Labute approximate surface area is 156 Å². The standard InChI is InChI=1S/C18H23N3O4S/c1-10(2)15(16(22)20-18(19)24)25-17(23)14-8-11(3)21(12(14)4)9-13-6-5-7-26-13/h5-8,10,15H,9H2,1-4H3,(H3,19,20,22,24)/t15-/m1/s1. The molecule has 3 N–H and O–H groups in total. The van der Waals surface area contributed by atoms with E-state index in [-0.39, 0.29) is 5.92 Å². The van der Waals surface area contributed by atoms with Crippen LogP contribution >= 0.6 is 11.3 Å². The van der Waals surface area contributed by atoms with Crippen molar-refractivity contribution in [2.45, 2.75) is 40.3 Å². The van der Waals surface area contributed by atoms with E-state index in [1.54, 1.807) is 31.3 Å². The number of primary amides is 1. The predicted octanol–water partition coefficient (Wildman–Crippen LogP) is 2.59. The number of esters is 1. The van der Waals surface area contributed by atoms with Gasteiger partial charge in [0.25, 0.3) is 5.91 Å². The summed E-state index contributed by atoms with van der Waals surface area (Å²) in [5, 5.41) is 3.96. The second-order valence-corrected chi connectivity index (χ2v) is 7.41. The highest BCUT2D eigenvalue weighted by Crippen LogP contribution is 2.21. The maximum Gasteiger partial charge on any atom is 0.340 e. The van der Waals surface area contributed by atoms with E-state index in [0.29, 0.717) is 12.1 Å². The van der Waals surface area contributed by atoms with Gasteiger partial charge in [0.05, 0.1) is 12.1 Å². The Balaban J connectivity index is 2.20. The van der Waals surface area contributed by atoms with Crippen molar-refractivity contribution in [3.63, 3.8) is 0 Å². The third kappa shape index (κ3) is 4.51. The van der Waals surface area contributed by atoms with Crippen molar-refractivity contribution in [3.8, 4) is 0 Å². The summed E-state index contributed by atoms with van der Waals surface area (Å²) in [7, 11) is 0. The normalized spacial score (nSPS) is 12.0. The summed E-state index contributed by atoms with van der Waals surface area (Å²) < 4.78 is 7.40. The number of hydrogen-bond acceptors (Lipinski definition) is 5. The van der Waals surface area contributed by atoms with Crippen LogP contribution < -0.4 is 11.1 Å². The van der Waals surface area contributed by atoms with E-state index in [0.717, 1.165) is 11.4 Å². The first-order valence-corrected chi connectivity index (χ1v) is 9.09. The van der Waals surface area contributed by atoms with Gasteiger partial charge in [-0.05, 0) is 37.3 Å². The lowest BCUT2D eigenvalue weighted by atomic mass is 10.1. The molecular weight excluding hydrogens is 354 g/mol. The van der Waals surface area contributed by atoms with Crippen molar-refractivity contribution in [2.75, 3.05) is 0 Å². The molecule has 7 nitrogen and oxygen atoms in total. The molecule has 3 amide bonds. The Morgan fingerprint density at radius 2 is 2.00 bits per heavy atom. The van der Waals surface area contributed by atoms with Crippen molar-refractivity contribution in [1.29, 1.82) is 0 Å². The number of imide groups is 1. The summed E-state index contributed by atoms with van der Waals surface area (Å²) in [4.78, 5) is 36.7. The Kier molecular flexibility index (Phi) is 6.20. The first-order chi connectivity index (χ1) is 12.2. The number of ether oxygens (including phenoxy) is 1. The fraction of sp³-hybridized carbons (Fsp3) is 0.389. The average molecular weight is 377 g/mol. The van der Waals surface area contributed by atoms with Crippen LogP contribution in [0, 0.1) is 19.8 Å². The summed E-state index contributed by atoms with van der Waals surface area (Å²) in [6.45, 7) is 7.86. The lowest BCUT2D eigenvalue weighted by molar-refractivity contribution is -0.130. The number of nitrogens with one attached hydrogen (secondary N) is 1. The van der Waals surface area contributed by atoms with Gasteiger partial charge in [-0.3, -0.25) is 10.1 Å². The SMILES string of the molecule is Cc1cc(C(=O)O[C@@H](C(=O)NC(N)=O)C(C)C)c(C)n1Cc1cccs1. The average Bonchev–Trinajstić information content (AvgIpc) is 3.15. The van der Waals surface area contributed by atoms with Crippen LogP contribution in [0.1, 0.15) is 40.5 Å². The molecule has 2 heterocycles. The zero-order valence-electron chi connectivity index (χ0n) is 15.2.